The Labute approximate surface area is 59.8 Å². The first-order chi connectivity index (χ1) is 4.68. The number of carboxylic acid groups (broad SMARTS) is 1. The van der Waals surface area contributed by atoms with Gasteiger partial charge in [0.25, 0.3) is 0 Å². The van der Waals surface area contributed by atoms with Gasteiger partial charge >= 0.3 is 5.97 Å². The van der Waals surface area contributed by atoms with Gasteiger partial charge in [0, 0.05) is 19.3 Å². The molecule has 1 atom stereocenters. The maximum atomic E-state index is 10.2. The Morgan fingerprint density at radius 2 is 2.60 bits per heavy atom. The van der Waals surface area contributed by atoms with E-state index >= 15 is 0 Å². The fourth-order valence-corrected chi connectivity index (χ4v) is 1.14. The maximum Gasteiger partial charge on any atom is 0.304 e. The lowest BCUT2D eigenvalue weighted by molar-refractivity contribution is -0.137. The number of hydrogen-bond donors (Lipinski definition) is 2. The van der Waals surface area contributed by atoms with Crippen molar-refractivity contribution in [1.29, 1.82) is 0 Å². The van der Waals surface area contributed by atoms with Gasteiger partial charge in [-0.05, 0) is 7.05 Å². The monoisotopic (exact) mass is 144 g/mol. The lowest BCUT2D eigenvalue weighted by atomic mass is 10.2. The molecule has 0 aromatic heterocycles. The summed E-state index contributed by atoms with van der Waals surface area (Å²) < 4.78 is 0. The molecule has 0 aromatic carbocycles. The van der Waals surface area contributed by atoms with Crippen molar-refractivity contribution in [3.05, 3.63) is 0 Å². The number of carbonyl (C=O) groups is 1. The largest absolute Gasteiger partial charge is 0.481 e. The van der Waals surface area contributed by atoms with E-state index in [1.54, 1.807) is 0 Å². The normalized spacial score (nSPS) is 27.1. The molecule has 4 nitrogen and oxygen atoms in total. The van der Waals surface area contributed by atoms with Gasteiger partial charge in [-0.3, -0.25) is 15.0 Å². The predicted octanol–water partition coefficient (Wildman–Crippen LogP) is -0.678. The van der Waals surface area contributed by atoms with Crippen LogP contribution >= 0.6 is 0 Å². The predicted molar refractivity (Wildman–Crippen MR) is 36.7 cm³/mol. The second-order valence-corrected chi connectivity index (χ2v) is 2.70. The Balaban J connectivity index is 2.24. The fourth-order valence-electron chi connectivity index (χ4n) is 1.14. The average molecular weight is 144 g/mol. The van der Waals surface area contributed by atoms with Gasteiger partial charge in [0.2, 0.25) is 0 Å². The van der Waals surface area contributed by atoms with Crippen molar-refractivity contribution in [3.63, 3.8) is 0 Å². The van der Waals surface area contributed by atoms with Gasteiger partial charge in [0.15, 0.2) is 0 Å². The highest BCUT2D eigenvalue weighted by molar-refractivity contribution is 5.67. The van der Waals surface area contributed by atoms with Crippen LogP contribution < -0.4 is 5.32 Å². The second kappa shape index (κ2) is 2.98. The van der Waals surface area contributed by atoms with Gasteiger partial charge in [-0.1, -0.05) is 0 Å². The molecule has 1 saturated heterocycles. The van der Waals surface area contributed by atoms with Crippen molar-refractivity contribution in [1.82, 2.24) is 10.2 Å². The average Bonchev–Trinajstić information content (AvgIpc) is 2.13. The zero-order valence-electron chi connectivity index (χ0n) is 6.00. The molecule has 1 unspecified atom stereocenters. The van der Waals surface area contributed by atoms with Crippen LogP contribution in [0.1, 0.15) is 6.42 Å². The Kier molecular flexibility index (Phi) is 2.24. The number of aliphatic carboxylic acids is 1. The maximum absolute atomic E-state index is 10.2. The summed E-state index contributed by atoms with van der Waals surface area (Å²) in [5.74, 6) is -0.729. The van der Waals surface area contributed by atoms with Crippen molar-refractivity contribution >= 4 is 5.97 Å². The van der Waals surface area contributed by atoms with Crippen LogP contribution in [0.2, 0.25) is 0 Å². The molecule has 58 valence electrons. The van der Waals surface area contributed by atoms with E-state index in [4.69, 9.17) is 5.11 Å². The van der Waals surface area contributed by atoms with Gasteiger partial charge in [-0.2, -0.15) is 0 Å². The molecular formula is C6H12N2O2. The Hall–Kier alpha value is -0.610. The van der Waals surface area contributed by atoms with Crippen LogP contribution in [0.15, 0.2) is 0 Å². The van der Waals surface area contributed by atoms with Crippen LogP contribution in [-0.4, -0.2) is 42.3 Å². The van der Waals surface area contributed by atoms with E-state index in [1.165, 1.54) is 0 Å². The summed E-state index contributed by atoms with van der Waals surface area (Å²) >= 11 is 0. The number of likely N-dealkylation sites (N-methyl/N-ethyl adjacent to an activating group) is 1. The van der Waals surface area contributed by atoms with Crippen LogP contribution in [0.25, 0.3) is 0 Å². The zero-order valence-corrected chi connectivity index (χ0v) is 6.00. The van der Waals surface area contributed by atoms with Gasteiger partial charge in [0.1, 0.15) is 0 Å². The van der Waals surface area contributed by atoms with Crippen LogP contribution in [-0.2, 0) is 4.79 Å². The fraction of sp³-hybridized carbons (Fsp3) is 0.833. The molecule has 0 saturated carbocycles. The van der Waals surface area contributed by atoms with E-state index in [9.17, 15) is 4.79 Å². The molecule has 0 aromatic rings. The molecule has 1 rings (SSSR count). The smallest absolute Gasteiger partial charge is 0.304 e. The lowest BCUT2D eigenvalue weighted by Crippen LogP contribution is -2.26. The second-order valence-electron chi connectivity index (χ2n) is 2.70. The highest BCUT2D eigenvalue weighted by Crippen LogP contribution is 2.00. The highest BCUT2D eigenvalue weighted by atomic mass is 16.4. The van der Waals surface area contributed by atoms with E-state index in [0.717, 1.165) is 13.2 Å². The minimum atomic E-state index is -0.729. The minimum Gasteiger partial charge on any atom is -0.481 e. The standard InChI is InChI=1S/C6H12N2O2/c1-8-3-5(7-4-8)2-6(9)10/h5,7H,2-4H2,1H3,(H,9,10). The number of hydrogen-bond acceptors (Lipinski definition) is 3. The number of rotatable bonds is 2. The summed E-state index contributed by atoms with van der Waals surface area (Å²) in [6, 6.07) is 0.141. The Bertz CT molecular complexity index is 138. The number of carboxylic acids is 1. The van der Waals surface area contributed by atoms with Crippen molar-refractivity contribution in [2.24, 2.45) is 0 Å². The van der Waals surface area contributed by atoms with Gasteiger partial charge < -0.3 is 5.11 Å². The first kappa shape index (κ1) is 7.50. The minimum absolute atomic E-state index is 0.141. The lowest BCUT2D eigenvalue weighted by Gasteiger charge is -2.05. The molecule has 1 fully saturated rings. The summed E-state index contributed by atoms with van der Waals surface area (Å²) in [4.78, 5) is 12.3. The van der Waals surface area contributed by atoms with Crippen LogP contribution in [0.3, 0.4) is 0 Å². The molecule has 1 aliphatic rings. The highest BCUT2D eigenvalue weighted by Gasteiger charge is 2.20. The van der Waals surface area contributed by atoms with E-state index in [2.05, 4.69) is 10.2 Å². The van der Waals surface area contributed by atoms with Crippen molar-refractivity contribution in [2.75, 3.05) is 20.3 Å². The first-order valence-electron chi connectivity index (χ1n) is 3.32. The molecular weight excluding hydrogens is 132 g/mol. The van der Waals surface area contributed by atoms with E-state index in [0.29, 0.717) is 0 Å². The summed E-state index contributed by atoms with van der Waals surface area (Å²) in [6.45, 7) is 1.64. The molecule has 0 bridgehead atoms. The van der Waals surface area contributed by atoms with Crippen LogP contribution in [0.4, 0.5) is 0 Å². The third-order valence-corrected chi connectivity index (χ3v) is 1.60. The number of nitrogens with one attached hydrogen (secondary N) is 1. The topological polar surface area (TPSA) is 52.6 Å². The van der Waals surface area contributed by atoms with Crippen molar-refractivity contribution in [2.45, 2.75) is 12.5 Å². The third-order valence-electron chi connectivity index (χ3n) is 1.60. The van der Waals surface area contributed by atoms with E-state index < -0.39 is 5.97 Å². The summed E-state index contributed by atoms with van der Waals surface area (Å²) in [6.07, 6.45) is 0.227. The molecule has 2 N–H and O–H groups in total. The van der Waals surface area contributed by atoms with Crippen LogP contribution in [0, 0.1) is 0 Å². The van der Waals surface area contributed by atoms with Gasteiger partial charge in [-0.15, -0.1) is 0 Å². The molecule has 1 heterocycles. The zero-order chi connectivity index (χ0) is 7.56. The Morgan fingerprint density at radius 3 is 3.00 bits per heavy atom. The van der Waals surface area contributed by atoms with E-state index in [-0.39, 0.29) is 12.5 Å². The summed E-state index contributed by atoms with van der Waals surface area (Å²) in [5, 5.41) is 11.5. The van der Waals surface area contributed by atoms with Gasteiger partial charge in [0.05, 0.1) is 6.42 Å². The van der Waals surface area contributed by atoms with Crippen molar-refractivity contribution in [3.8, 4) is 0 Å². The van der Waals surface area contributed by atoms with Crippen LogP contribution in [0.5, 0.6) is 0 Å². The number of nitrogens with zero attached hydrogens (tertiary/aromatic N) is 1. The van der Waals surface area contributed by atoms with Crippen molar-refractivity contribution < 1.29 is 9.90 Å². The first-order valence-corrected chi connectivity index (χ1v) is 3.32. The molecule has 0 aliphatic carbocycles. The van der Waals surface area contributed by atoms with Gasteiger partial charge in [-0.25, -0.2) is 0 Å². The Morgan fingerprint density at radius 1 is 1.90 bits per heavy atom. The molecule has 10 heavy (non-hydrogen) atoms. The molecule has 0 amide bonds. The molecule has 0 radical (unpaired) electrons. The molecule has 4 heteroatoms. The van der Waals surface area contributed by atoms with E-state index in [1.807, 2.05) is 7.05 Å². The summed E-state index contributed by atoms with van der Waals surface area (Å²) in [7, 11) is 1.97. The summed E-state index contributed by atoms with van der Waals surface area (Å²) in [5.41, 5.74) is 0. The third kappa shape index (κ3) is 1.97. The molecule has 0 spiro atoms. The quantitative estimate of drug-likeness (QED) is 0.539. The molecule has 1 aliphatic heterocycles. The SMILES string of the molecule is CN1CNC(CC(=O)O)C1.